The van der Waals surface area contributed by atoms with Gasteiger partial charge in [0.2, 0.25) is 5.91 Å². The van der Waals surface area contributed by atoms with E-state index in [0.717, 1.165) is 5.56 Å². The fourth-order valence-corrected chi connectivity index (χ4v) is 1.91. The molecule has 0 saturated heterocycles. The van der Waals surface area contributed by atoms with Crippen molar-refractivity contribution in [2.24, 2.45) is 0 Å². The second kappa shape index (κ2) is 6.51. The van der Waals surface area contributed by atoms with E-state index in [1.54, 1.807) is 30.3 Å². The first-order valence-corrected chi connectivity index (χ1v) is 6.39. The smallest absolute Gasteiger partial charge is 0.273 e. The molecular formula is C15H15N3O3. The van der Waals surface area contributed by atoms with Crippen LogP contribution in [0.25, 0.3) is 0 Å². The Morgan fingerprint density at radius 3 is 2.48 bits per heavy atom. The van der Waals surface area contributed by atoms with Crippen LogP contribution >= 0.6 is 0 Å². The molecule has 0 radical (unpaired) electrons. The Kier molecular flexibility index (Phi) is 4.50. The molecule has 0 spiro atoms. The molecule has 1 amide bonds. The summed E-state index contributed by atoms with van der Waals surface area (Å²) in [6.45, 7) is 0.361. The van der Waals surface area contributed by atoms with E-state index in [2.05, 4.69) is 5.32 Å². The maximum atomic E-state index is 11.9. The third-order valence-corrected chi connectivity index (χ3v) is 3.01. The van der Waals surface area contributed by atoms with E-state index in [1.165, 1.54) is 6.07 Å². The number of rotatable bonds is 5. The van der Waals surface area contributed by atoms with Gasteiger partial charge in [0.05, 0.1) is 11.3 Å². The molecule has 0 atom stereocenters. The zero-order valence-electron chi connectivity index (χ0n) is 11.3. The lowest BCUT2D eigenvalue weighted by Crippen LogP contribution is -2.24. The summed E-state index contributed by atoms with van der Waals surface area (Å²) in [5, 5.41) is 13.6. The maximum Gasteiger partial charge on any atom is 0.273 e. The number of nitro benzene ring substituents is 1. The lowest BCUT2D eigenvalue weighted by molar-refractivity contribution is -0.385. The van der Waals surface area contributed by atoms with Crippen molar-refractivity contribution in [2.75, 3.05) is 5.73 Å². The first kappa shape index (κ1) is 14.5. The summed E-state index contributed by atoms with van der Waals surface area (Å²) in [5.74, 6) is -0.263. The molecule has 6 heteroatoms. The van der Waals surface area contributed by atoms with Crippen LogP contribution < -0.4 is 11.1 Å². The van der Waals surface area contributed by atoms with Crippen LogP contribution in [0.4, 0.5) is 11.4 Å². The van der Waals surface area contributed by atoms with Gasteiger partial charge in [-0.15, -0.1) is 0 Å². The highest BCUT2D eigenvalue weighted by atomic mass is 16.6. The molecule has 3 N–H and O–H groups in total. The third-order valence-electron chi connectivity index (χ3n) is 3.01. The van der Waals surface area contributed by atoms with E-state index in [4.69, 9.17) is 5.73 Å². The number of carbonyl (C=O) groups excluding carboxylic acids is 1. The molecule has 6 nitrogen and oxygen atoms in total. The molecule has 0 unspecified atom stereocenters. The molecule has 2 aromatic carbocycles. The van der Waals surface area contributed by atoms with Crippen molar-refractivity contribution in [1.82, 2.24) is 5.32 Å². The Balaban J connectivity index is 1.96. The molecule has 2 aromatic rings. The average molecular weight is 285 g/mol. The second-order valence-corrected chi connectivity index (χ2v) is 4.58. The van der Waals surface area contributed by atoms with Gasteiger partial charge in [-0.3, -0.25) is 14.9 Å². The van der Waals surface area contributed by atoms with Crippen LogP contribution in [-0.4, -0.2) is 10.8 Å². The number of benzene rings is 2. The molecule has 0 aliphatic rings. The number of hydrogen-bond acceptors (Lipinski definition) is 4. The lowest BCUT2D eigenvalue weighted by atomic mass is 10.1. The van der Waals surface area contributed by atoms with Crippen LogP contribution in [0.5, 0.6) is 0 Å². The lowest BCUT2D eigenvalue weighted by Gasteiger charge is -2.06. The van der Waals surface area contributed by atoms with E-state index >= 15 is 0 Å². The Morgan fingerprint density at radius 1 is 1.14 bits per heavy atom. The van der Waals surface area contributed by atoms with Gasteiger partial charge in [-0.05, 0) is 17.7 Å². The van der Waals surface area contributed by atoms with Crippen LogP contribution in [-0.2, 0) is 17.8 Å². The predicted molar refractivity (Wildman–Crippen MR) is 79.5 cm³/mol. The summed E-state index contributed by atoms with van der Waals surface area (Å²) in [6.07, 6.45) is -0.0217. The van der Waals surface area contributed by atoms with Crippen LogP contribution in [0.15, 0.2) is 48.5 Å². The highest BCUT2D eigenvalue weighted by molar-refractivity contribution is 5.79. The Hall–Kier alpha value is -2.89. The minimum Gasteiger partial charge on any atom is -0.399 e. The minimum atomic E-state index is -0.484. The summed E-state index contributed by atoms with van der Waals surface area (Å²) in [6, 6.07) is 13.4. The van der Waals surface area contributed by atoms with Crippen molar-refractivity contribution in [3.63, 3.8) is 0 Å². The summed E-state index contributed by atoms with van der Waals surface area (Å²) < 4.78 is 0. The molecule has 0 aliphatic carbocycles. The largest absolute Gasteiger partial charge is 0.399 e. The van der Waals surface area contributed by atoms with Crippen molar-refractivity contribution in [2.45, 2.75) is 13.0 Å². The number of nitrogens with zero attached hydrogens (tertiary/aromatic N) is 1. The number of amides is 1. The van der Waals surface area contributed by atoms with Crippen LogP contribution in [0.2, 0.25) is 0 Å². The van der Waals surface area contributed by atoms with Gasteiger partial charge in [0.25, 0.3) is 5.69 Å². The highest BCUT2D eigenvalue weighted by Crippen LogP contribution is 2.18. The van der Waals surface area contributed by atoms with Gasteiger partial charge in [0, 0.05) is 23.9 Å². The van der Waals surface area contributed by atoms with Crippen molar-refractivity contribution < 1.29 is 9.72 Å². The van der Waals surface area contributed by atoms with E-state index < -0.39 is 4.92 Å². The Labute approximate surface area is 121 Å². The van der Waals surface area contributed by atoms with E-state index in [-0.39, 0.29) is 18.0 Å². The minimum absolute atomic E-state index is 0.0217. The van der Waals surface area contributed by atoms with Gasteiger partial charge >= 0.3 is 0 Å². The van der Waals surface area contributed by atoms with Crippen LogP contribution in [0, 0.1) is 10.1 Å². The van der Waals surface area contributed by atoms with Gasteiger partial charge in [-0.2, -0.15) is 0 Å². The van der Waals surface area contributed by atoms with Crippen LogP contribution in [0.1, 0.15) is 11.1 Å². The van der Waals surface area contributed by atoms with Crippen molar-refractivity contribution >= 4 is 17.3 Å². The van der Waals surface area contributed by atoms with Gasteiger partial charge in [-0.1, -0.05) is 30.3 Å². The molecule has 21 heavy (non-hydrogen) atoms. The number of anilines is 1. The molecule has 2 rings (SSSR count). The fraction of sp³-hybridized carbons (Fsp3) is 0.133. The maximum absolute atomic E-state index is 11.9. The standard InChI is InChI=1S/C15H15N3O3/c16-13-7-5-11(6-8-13)10-17-15(19)9-12-3-1-2-4-14(12)18(20)21/h1-8H,9-10,16H2,(H,17,19). The van der Waals surface area contributed by atoms with Gasteiger partial charge in [0.1, 0.15) is 0 Å². The van der Waals surface area contributed by atoms with E-state index in [1.807, 2.05) is 12.1 Å². The number of nitro groups is 1. The van der Waals surface area contributed by atoms with Crippen LogP contribution in [0.3, 0.4) is 0 Å². The molecular weight excluding hydrogens is 270 g/mol. The Morgan fingerprint density at radius 2 is 1.81 bits per heavy atom. The summed E-state index contributed by atoms with van der Waals surface area (Å²) >= 11 is 0. The normalized spacial score (nSPS) is 10.1. The average Bonchev–Trinajstić information content (AvgIpc) is 2.47. The molecule has 0 aromatic heterocycles. The van der Waals surface area contributed by atoms with Crippen molar-refractivity contribution in [1.29, 1.82) is 0 Å². The first-order valence-electron chi connectivity index (χ1n) is 6.39. The van der Waals surface area contributed by atoms with Crippen molar-refractivity contribution in [3.8, 4) is 0 Å². The predicted octanol–water partition coefficient (Wildman–Crippen LogP) is 2.04. The van der Waals surface area contributed by atoms with Gasteiger partial charge < -0.3 is 11.1 Å². The zero-order chi connectivity index (χ0) is 15.2. The third kappa shape index (κ3) is 4.04. The number of carbonyl (C=O) groups is 1. The van der Waals surface area contributed by atoms with Gasteiger partial charge in [-0.25, -0.2) is 0 Å². The molecule has 0 heterocycles. The summed E-state index contributed by atoms with van der Waals surface area (Å²) in [7, 11) is 0. The topological polar surface area (TPSA) is 98.3 Å². The summed E-state index contributed by atoms with van der Waals surface area (Å²) in [5.41, 5.74) is 7.51. The second-order valence-electron chi connectivity index (χ2n) is 4.58. The first-order chi connectivity index (χ1) is 10.1. The summed E-state index contributed by atoms with van der Waals surface area (Å²) in [4.78, 5) is 22.3. The SMILES string of the molecule is Nc1ccc(CNC(=O)Cc2ccccc2[N+](=O)[O-])cc1. The number of nitrogens with two attached hydrogens (primary N) is 1. The number of para-hydroxylation sites is 1. The monoisotopic (exact) mass is 285 g/mol. The molecule has 0 bridgehead atoms. The molecule has 108 valence electrons. The number of nitrogens with one attached hydrogen (secondary N) is 1. The Bertz CT molecular complexity index is 653. The van der Waals surface area contributed by atoms with Gasteiger partial charge in [0.15, 0.2) is 0 Å². The zero-order valence-corrected chi connectivity index (χ0v) is 11.3. The quantitative estimate of drug-likeness (QED) is 0.499. The number of hydrogen-bond donors (Lipinski definition) is 2. The van der Waals surface area contributed by atoms with E-state index in [0.29, 0.717) is 17.8 Å². The number of nitrogen functional groups attached to an aromatic ring is 1. The fourth-order valence-electron chi connectivity index (χ4n) is 1.91. The molecule has 0 fully saturated rings. The highest BCUT2D eigenvalue weighted by Gasteiger charge is 2.15. The van der Waals surface area contributed by atoms with E-state index in [9.17, 15) is 14.9 Å². The van der Waals surface area contributed by atoms with Crippen molar-refractivity contribution in [3.05, 3.63) is 69.8 Å². The molecule has 0 saturated carbocycles. The molecule has 0 aliphatic heterocycles.